The number of piperidine rings is 1. The van der Waals surface area contributed by atoms with Crippen molar-refractivity contribution in [2.75, 3.05) is 39.3 Å². The summed E-state index contributed by atoms with van der Waals surface area (Å²) in [5.74, 6) is -6.48. The number of rotatable bonds is 16. The third-order valence-electron chi connectivity index (χ3n) is 11.2. The van der Waals surface area contributed by atoms with Crippen LogP contribution in [-0.4, -0.2) is 94.3 Å². The Morgan fingerprint density at radius 1 is 0.934 bits per heavy atom. The molecule has 2 aliphatic rings. The molecule has 0 spiro atoms. The van der Waals surface area contributed by atoms with Crippen molar-refractivity contribution in [1.82, 2.24) is 30.0 Å². The maximum absolute atomic E-state index is 14.7. The van der Waals surface area contributed by atoms with Crippen LogP contribution in [0.3, 0.4) is 0 Å². The average Bonchev–Trinajstić information content (AvgIpc) is 3.89. The number of benzene rings is 4. The number of alkyl halides is 4. The lowest BCUT2D eigenvalue weighted by molar-refractivity contribution is -0.142. The molecule has 0 unspecified atom stereocenters. The number of aromatic amines is 1. The molecule has 2 N–H and O–H groups in total. The molecule has 2 aliphatic heterocycles. The van der Waals surface area contributed by atoms with Crippen LogP contribution in [0.4, 0.5) is 17.6 Å². The molecule has 3 heterocycles. The van der Waals surface area contributed by atoms with Crippen LogP contribution in [0.2, 0.25) is 0 Å². The lowest BCUT2D eigenvalue weighted by atomic mass is 10.00. The molecule has 0 aliphatic carbocycles. The Kier molecular flexibility index (Phi) is 13.5. The van der Waals surface area contributed by atoms with Gasteiger partial charge in [0.25, 0.3) is 11.8 Å². The van der Waals surface area contributed by atoms with E-state index in [9.17, 15) is 27.2 Å². The lowest BCUT2D eigenvalue weighted by Crippen LogP contribution is -2.49. The van der Waals surface area contributed by atoms with Crippen LogP contribution in [0.25, 0.3) is 28.1 Å². The molecule has 318 valence electrons. The van der Waals surface area contributed by atoms with Crippen molar-refractivity contribution in [2.24, 2.45) is 4.99 Å². The molecule has 1 aromatic heterocycles. The van der Waals surface area contributed by atoms with Gasteiger partial charge < -0.3 is 20.1 Å². The summed E-state index contributed by atoms with van der Waals surface area (Å²) in [5.41, 5.74) is 6.12. The van der Waals surface area contributed by atoms with Gasteiger partial charge in [-0.15, -0.1) is 0 Å². The highest BCUT2D eigenvalue weighted by molar-refractivity contribution is 5.83. The molecule has 9 nitrogen and oxygen atoms in total. The standard InChI is InChI=1S/C48H51F4N7O2/c1-47(49,50)32-58(46(61)44(39-14-8-4-9-15-39)57-25-10-5-11-26-57)27-24-54-30-40(53-2)37-20-16-35(17-21-37)36-18-22-38(23-19-36)41-31-55-45(56-41)42-29-48(51,52)33-59(42)43(60)28-34-12-6-3-7-13-34/h3-4,6-9,12-23,30-31,42,44,54H,2,5,10-11,24-29,32-33H2,1H3,(H,55,56)/b40-30-/t42-,44+/m0/s1. The quantitative estimate of drug-likeness (QED) is 0.0588. The van der Waals surface area contributed by atoms with Gasteiger partial charge in [-0.2, -0.15) is 0 Å². The molecule has 4 aromatic carbocycles. The lowest BCUT2D eigenvalue weighted by Gasteiger charge is -2.37. The van der Waals surface area contributed by atoms with Gasteiger partial charge in [0, 0.05) is 50.0 Å². The van der Waals surface area contributed by atoms with Crippen LogP contribution >= 0.6 is 0 Å². The number of carbonyl (C=O) groups excluding carboxylic acids is 2. The minimum Gasteiger partial charge on any atom is -0.387 e. The van der Waals surface area contributed by atoms with Crippen molar-refractivity contribution in [1.29, 1.82) is 0 Å². The first-order valence-corrected chi connectivity index (χ1v) is 20.7. The fraction of sp³-hybridized carbons (Fsp3) is 0.333. The van der Waals surface area contributed by atoms with Crippen LogP contribution in [-0.2, 0) is 16.0 Å². The van der Waals surface area contributed by atoms with Gasteiger partial charge in [-0.3, -0.25) is 19.5 Å². The Morgan fingerprint density at radius 3 is 2.20 bits per heavy atom. The van der Waals surface area contributed by atoms with Crippen molar-refractivity contribution in [3.8, 4) is 22.4 Å². The summed E-state index contributed by atoms with van der Waals surface area (Å²) in [6.07, 6.45) is 5.88. The van der Waals surface area contributed by atoms with E-state index < -0.39 is 43.4 Å². The second kappa shape index (κ2) is 19.1. The van der Waals surface area contributed by atoms with Gasteiger partial charge in [0.1, 0.15) is 11.9 Å². The summed E-state index contributed by atoms with van der Waals surface area (Å²) in [7, 11) is 0. The third-order valence-corrected chi connectivity index (χ3v) is 11.2. The largest absolute Gasteiger partial charge is 0.387 e. The van der Waals surface area contributed by atoms with E-state index in [4.69, 9.17) is 0 Å². The van der Waals surface area contributed by atoms with Crippen molar-refractivity contribution in [2.45, 2.75) is 63.0 Å². The Bertz CT molecular complexity index is 2270. The summed E-state index contributed by atoms with van der Waals surface area (Å²) < 4.78 is 58.2. The monoisotopic (exact) mass is 833 g/mol. The van der Waals surface area contributed by atoms with Crippen LogP contribution in [0.5, 0.6) is 0 Å². The van der Waals surface area contributed by atoms with Gasteiger partial charge in [0.15, 0.2) is 0 Å². The molecule has 2 atom stereocenters. The average molecular weight is 834 g/mol. The second-order valence-corrected chi connectivity index (χ2v) is 16.0. The number of amides is 2. The SMILES string of the molecule is C=N/C(=C\NCCN(CC(C)(F)F)C(=O)[C@@H](c1ccccc1)N1CCCCC1)c1ccc(-c2ccc(-c3c[nH]c([C@@H]4CC(F)(F)CN4C(=O)Cc4ccccc4)n3)cc2)cc1. The maximum atomic E-state index is 14.7. The number of hydrogen-bond acceptors (Lipinski definition) is 6. The van der Waals surface area contributed by atoms with E-state index in [1.54, 1.807) is 24.5 Å². The molecule has 2 saturated heterocycles. The molecular weight excluding hydrogens is 783 g/mol. The molecule has 2 amide bonds. The van der Waals surface area contributed by atoms with Gasteiger partial charge in [0.05, 0.1) is 36.9 Å². The Labute approximate surface area is 354 Å². The van der Waals surface area contributed by atoms with E-state index in [-0.39, 0.29) is 31.3 Å². The Morgan fingerprint density at radius 2 is 1.56 bits per heavy atom. The Hall–Kier alpha value is -6.08. The fourth-order valence-electron chi connectivity index (χ4n) is 8.20. The van der Waals surface area contributed by atoms with Crippen molar-refractivity contribution in [3.63, 3.8) is 0 Å². The van der Waals surface area contributed by atoms with Gasteiger partial charge in [-0.05, 0) is 54.9 Å². The van der Waals surface area contributed by atoms with Gasteiger partial charge in [-0.25, -0.2) is 22.5 Å². The number of likely N-dealkylation sites (tertiary alicyclic amines) is 2. The highest BCUT2D eigenvalue weighted by Crippen LogP contribution is 2.41. The number of halogens is 4. The summed E-state index contributed by atoms with van der Waals surface area (Å²) in [6, 6.07) is 32.4. The summed E-state index contributed by atoms with van der Waals surface area (Å²) in [6.45, 7) is 4.99. The van der Waals surface area contributed by atoms with Crippen LogP contribution in [0.15, 0.2) is 127 Å². The number of aliphatic imine (C=N–C) groups is 1. The van der Waals surface area contributed by atoms with Crippen LogP contribution in [0, 0.1) is 0 Å². The number of nitrogens with one attached hydrogen (secondary N) is 2. The topological polar surface area (TPSA) is 96.9 Å². The minimum atomic E-state index is -3.07. The number of carbonyl (C=O) groups is 2. The minimum absolute atomic E-state index is 0.0320. The van der Waals surface area contributed by atoms with Gasteiger partial charge in [-0.1, -0.05) is 116 Å². The predicted octanol–water partition coefficient (Wildman–Crippen LogP) is 9.19. The number of H-pyrrole nitrogens is 1. The van der Waals surface area contributed by atoms with E-state index in [1.165, 1.54) is 9.80 Å². The number of imidazole rings is 1. The normalized spacial score (nSPS) is 17.5. The van der Waals surface area contributed by atoms with E-state index in [1.807, 2.05) is 97.1 Å². The predicted molar refractivity (Wildman–Crippen MR) is 231 cm³/mol. The summed E-state index contributed by atoms with van der Waals surface area (Å²) in [4.78, 5) is 43.7. The smallest absolute Gasteiger partial charge is 0.267 e. The first-order chi connectivity index (χ1) is 29.4. The molecule has 13 heteroatoms. The molecule has 5 aromatic rings. The molecule has 0 radical (unpaired) electrons. The van der Waals surface area contributed by atoms with Crippen molar-refractivity contribution in [3.05, 3.63) is 144 Å². The van der Waals surface area contributed by atoms with E-state index in [2.05, 4.69) is 31.9 Å². The zero-order valence-electron chi connectivity index (χ0n) is 34.3. The highest BCUT2D eigenvalue weighted by Gasteiger charge is 2.48. The first-order valence-electron chi connectivity index (χ1n) is 20.7. The zero-order chi connectivity index (χ0) is 43.0. The van der Waals surface area contributed by atoms with E-state index >= 15 is 0 Å². The number of hydrogen-bond donors (Lipinski definition) is 2. The zero-order valence-corrected chi connectivity index (χ0v) is 34.3. The number of aromatic nitrogens is 2. The van der Waals surface area contributed by atoms with Gasteiger partial charge in [0.2, 0.25) is 11.8 Å². The molecule has 2 fully saturated rings. The first kappa shape index (κ1) is 43.0. The van der Waals surface area contributed by atoms with Gasteiger partial charge >= 0.3 is 0 Å². The van der Waals surface area contributed by atoms with Crippen LogP contribution in [0.1, 0.15) is 67.2 Å². The molecular formula is C48H51F4N7O2. The van der Waals surface area contributed by atoms with E-state index in [0.29, 0.717) is 17.2 Å². The van der Waals surface area contributed by atoms with Crippen LogP contribution < -0.4 is 5.32 Å². The molecule has 61 heavy (non-hydrogen) atoms. The van der Waals surface area contributed by atoms with Crippen molar-refractivity contribution < 1.29 is 27.2 Å². The molecule has 7 rings (SSSR count). The maximum Gasteiger partial charge on any atom is 0.267 e. The second-order valence-electron chi connectivity index (χ2n) is 16.0. The summed E-state index contributed by atoms with van der Waals surface area (Å²) >= 11 is 0. The van der Waals surface area contributed by atoms with E-state index in [0.717, 1.165) is 72.7 Å². The third kappa shape index (κ3) is 11.0. The highest BCUT2D eigenvalue weighted by atomic mass is 19.3. The van der Waals surface area contributed by atoms with Crippen molar-refractivity contribution >= 4 is 24.2 Å². The Balaban J connectivity index is 0.979. The molecule has 0 saturated carbocycles. The number of nitrogens with zero attached hydrogens (tertiary/aromatic N) is 5. The fourth-order valence-corrected chi connectivity index (χ4v) is 8.20. The molecule has 0 bridgehead atoms. The summed E-state index contributed by atoms with van der Waals surface area (Å²) in [5, 5.41) is 3.16.